The summed E-state index contributed by atoms with van der Waals surface area (Å²) in [7, 11) is 1.79. The van der Waals surface area contributed by atoms with Crippen LogP contribution in [-0.2, 0) is 12.6 Å². The lowest BCUT2D eigenvalue weighted by molar-refractivity contribution is 0.0242. The van der Waals surface area contributed by atoms with Gasteiger partial charge in [0.1, 0.15) is 22.9 Å². The summed E-state index contributed by atoms with van der Waals surface area (Å²) >= 11 is 5.86. The first-order chi connectivity index (χ1) is 16.6. The highest BCUT2D eigenvalue weighted by Crippen LogP contribution is 2.57. The second-order valence-electron chi connectivity index (χ2n) is 10.3. The number of aliphatic hydroxyl groups is 1. The number of carbonyl (C=O) groups is 1. The summed E-state index contributed by atoms with van der Waals surface area (Å²) < 4.78 is 17.0. The maximum Gasteiger partial charge on any atom is 0.274 e. The number of benzene rings is 1. The molecule has 2 aromatic heterocycles. The van der Waals surface area contributed by atoms with Crippen LogP contribution >= 0.6 is 11.6 Å². The maximum atomic E-state index is 13.5. The minimum Gasteiger partial charge on any atom is -0.384 e. The van der Waals surface area contributed by atoms with E-state index in [1.807, 2.05) is 18.5 Å². The maximum absolute atomic E-state index is 13.5. The molecule has 1 aromatic carbocycles. The van der Waals surface area contributed by atoms with Gasteiger partial charge in [-0.2, -0.15) is 5.10 Å². The molecule has 0 radical (unpaired) electrons. The Labute approximate surface area is 208 Å². The van der Waals surface area contributed by atoms with E-state index in [1.165, 1.54) is 18.2 Å². The van der Waals surface area contributed by atoms with Gasteiger partial charge in [0.05, 0.1) is 22.7 Å². The van der Waals surface area contributed by atoms with Crippen molar-refractivity contribution in [3.05, 3.63) is 58.5 Å². The quantitative estimate of drug-likeness (QED) is 0.473. The Morgan fingerprint density at radius 3 is 2.60 bits per heavy atom. The highest BCUT2D eigenvalue weighted by Gasteiger charge is 2.52. The topological polar surface area (TPSA) is 111 Å². The van der Waals surface area contributed by atoms with Crippen molar-refractivity contribution in [1.29, 1.82) is 0 Å². The van der Waals surface area contributed by atoms with Crippen LogP contribution in [0.15, 0.2) is 30.6 Å². The number of aromatic nitrogens is 4. The smallest absolute Gasteiger partial charge is 0.274 e. The standard InChI is InChI=1S/C25H30ClFN6O2/c1-13(2)33-20(9-21(28)31-33)25(35)10-15-6-14(7-16(15)11-25)22-23(32(3)12-29-22)24(34)30-17-4-5-19(27)18(26)8-17/h4-5,8-9,12-16,35H,6-7,10-11H2,1-3H3,(H2,28,31)(H,30,34). The van der Waals surface area contributed by atoms with Gasteiger partial charge in [0, 0.05) is 30.8 Å². The van der Waals surface area contributed by atoms with Crippen LogP contribution in [0.4, 0.5) is 15.9 Å². The highest BCUT2D eigenvalue weighted by atomic mass is 35.5. The van der Waals surface area contributed by atoms with E-state index < -0.39 is 11.4 Å². The molecule has 35 heavy (non-hydrogen) atoms. The fourth-order valence-corrected chi connectivity index (χ4v) is 6.22. The minimum absolute atomic E-state index is 0.0512. The Morgan fingerprint density at radius 1 is 1.29 bits per heavy atom. The number of carbonyl (C=O) groups excluding carboxylic acids is 1. The Balaban J connectivity index is 1.33. The van der Waals surface area contributed by atoms with Crippen LogP contribution in [0.1, 0.15) is 73.4 Å². The van der Waals surface area contributed by atoms with Crippen LogP contribution in [0.25, 0.3) is 0 Å². The van der Waals surface area contributed by atoms with Crippen molar-refractivity contribution in [3.8, 4) is 0 Å². The Kier molecular flexibility index (Phi) is 5.88. The van der Waals surface area contributed by atoms with Crippen molar-refractivity contribution < 1.29 is 14.3 Å². The molecule has 0 aliphatic heterocycles. The molecule has 3 aromatic rings. The van der Waals surface area contributed by atoms with Gasteiger partial charge in [-0.1, -0.05) is 11.6 Å². The molecule has 2 aliphatic carbocycles. The van der Waals surface area contributed by atoms with Gasteiger partial charge in [0.2, 0.25) is 0 Å². The van der Waals surface area contributed by atoms with Gasteiger partial charge in [0.25, 0.3) is 5.91 Å². The number of rotatable bonds is 5. The summed E-state index contributed by atoms with van der Waals surface area (Å²) in [5, 5.41) is 18.7. The van der Waals surface area contributed by atoms with E-state index >= 15 is 0 Å². The summed E-state index contributed by atoms with van der Waals surface area (Å²) in [5.74, 6) is 0.318. The Morgan fingerprint density at radius 2 is 1.97 bits per heavy atom. The first kappa shape index (κ1) is 23.8. The number of anilines is 2. The molecule has 0 saturated heterocycles. The summed E-state index contributed by atoms with van der Waals surface area (Å²) in [5.41, 5.74) is 7.44. The van der Waals surface area contributed by atoms with Gasteiger partial charge in [-0.3, -0.25) is 9.48 Å². The largest absolute Gasteiger partial charge is 0.384 e. The molecule has 4 N–H and O–H groups in total. The van der Waals surface area contributed by atoms with Gasteiger partial charge in [-0.05, 0) is 69.6 Å². The highest BCUT2D eigenvalue weighted by molar-refractivity contribution is 6.31. The first-order valence-corrected chi connectivity index (χ1v) is 12.3. The van der Waals surface area contributed by atoms with Crippen LogP contribution in [0, 0.1) is 17.7 Å². The lowest BCUT2D eigenvalue weighted by atomic mass is 9.90. The van der Waals surface area contributed by atoms with Crippen LogP contribution in [0.5, 0.6) is 0 Å². The number of nitrogens with two attached hydrogens (primary N) is 1. The third-order valence-corrected chi connectivity index (χ3v) is 7.80. The third kappa shape index (κ3) is 4.21. The van der Waals surface area contributed by atoms with Crippen molar-refractivity contribution in [2.45, 2.75) is 57.1 Å². The summed E-state index contributed by atoms with van der Waals surface area (Å²) in [6.07, 6.45) is 4.61. The van der Waals surface area contributed by atoms with Crippen molar-refractivity contribution in [2.24, 2.45) is 18.9 Å². The molecule has 8 nitrogen and oxygen atoms in total. The van der Waals surface area contributed by atoms with E-state index in [1.54, 1.807) is 24.0 Å². The minimum atomic E-state index is -0.957. The first-order valence-electron chi connectivity index (χ1n) is 11.9. The Bertz CT molecular complexity index is 1270. The van der Waals surface area contributed by atoms with E-state index in [0.29, 0.717) is 41.9 Å². The van der Waals surface area contributed by atoms with Crippen LogP contribution in [-0.4, -0.2) is 30.3 Å². The zero-order valence-electron chi connectivity index (χ0n) is 20.0. The van der Waals surface area contributed by atoms with E-state index in [-0.39, 0.29) is 22.9 Å². The van der Waals surface area contributed by atoms with E-state index in [4.69, 9.17) is 17.3 Å². The van der Waals surface area contributed by atoms with E-state index in [0.717, 1.165) is 24.2 Å². The number of nitrogens with one attached hydrogen (secondary N) is 1. The second kappa shape index (κ2) is 8.64. The normalized spacial score (nSPS) is 25.9. The van der Waals surface area contributed by atoms with Crippen LogP contribution < -0.4 is 11.1 Å². The monoisotopic (exact) mass is 500 g/mol. The molecule has 0 spiro atoms. The zero-order valence-corrected chi connectivity index (χ0v) is 20.8. The van der Waals surface area contributed by atoms with Crippen LogP contribution in [0.2, 0.25) is 5.02 Å². The van der Waals surface area contributed by atoms with Gasteiger partial charge in [-0.25, -0.2) is 9.37 Å². The molecule has 2 aliphatic rings. The molecular weight excluding hydrogens is 471 g/mol. The number of aryl methyl sites for hydroxylation is 1. The van der Waals surface area contributed by atoms with E-state index in [2.05, 4.69) is 15.4 Å². The average molecular weight is 501 g/mol. The van der Waals surface area contributed by atoms with Crippen LogP contribution in [0.3, 0.4) is 0 Å². The molecule has 2 atom stereocenters. The Hall–Kier alpha value is -2.91. The molecule has 186 valence electrons. The van der Waals surface area contributed by atoms with E-state index in [9.17, 15) is 14.3 Å². The zero-order chi connectivity index (χ0) is 25.1. The lowest BCUT2D eigenvalue weighted by Gasteiger charge is -2.27. The molecule has 2 unspecified atom stereocenters. The summed E-state index contributed by atoms with van der Waals surface area (Å²) in [6.45, 7) is 4.05. The summed E-state index contributed by atoms with van der Waals surface area (Å²) in [4.78, 5) is 17.7. The number of nitrogens with zero attached hydrogens (tertiary/aromatic N) is 4. The molecule has 0 bridgehead atoms. The molecule has 5 rings (SSSR count). The fraction of sp³-hybridized carbons (Fsp3) is 0.480. The molecular formula is C25H30ClFN6O2. The van der Waals surface area contributed by atoms with Gasteiger partial charge < -0.3 is 20.7 Å². The van der Waals surface area contributed by atoms with Crippen molar-refractivity contribution in [2.75, 3.05) is 11.1 Å². The number of halogens is 2. The lowest BCUT2D eigenvalue weighted by Crippen LogP contribution is -2.28. The number of hydrogen-bond acceptors (Lipinski definition) is 5. The predicted octanol–water partition coefficient (Wildman–Crippen LogP) is 4.62. The molecule has 10 heteroatoms. The SMILES string of the molecule is CC(C)n1nc(N)cc1C1(O)CC2CC(c3ncn(C)c3C(=O)Nc3ccc(F)c(Cl)c3)CC2C1. The number of amides is 1. The second-order valence-corrected chi connectivity index (χ2v) is 10.7. The van der Waals surface area contributed by atoms with Gasteiger partial charge in [-0.15, -0.1) is 0 Å². The number of imidazole rings is 1. The van der Waals surface area contributed by atoms with Crippen molar-refractivity contribution in [3.63, 3.8) is 0 Å². The van der Waals surface area contributed by atoms with Gasteiger partial charge >= 0.3 is 0 Å². The van der Waals surface area contributed by atoms with Crippen molar-refractivity contribution in [1.82, 2.24) is 19.3 Å². The number of nitrogen functional groups attached to an aromatic ring is 1. The molecule has 2 saturated carbocycles. The molecule has 1 amide bonds. The van der Waals surface area contributed by atoms with Crippen molar-refractivity contribution >= 4 is 29.0 Å². The number of hydrogen-bond donors (Lipinski definition) is 3. The summed E-state index contributed by atoms with van der Waals surface area (Å²) in [6, 6.07) is 5.98. The molecule has 2 fully saturated rings. The fourth-order valence-electron chi connectivity index (χ4n) is 6.04. The number of fused-ring (bicyclic) bond motifs is 1. The third-order valence-electron chi connectivity index (χ3n) is 7.51. The average Bonchev–Trinajstić information content (AvgIpc) is 3.52. The molecule has 2 heterocycles. The predicted molar refractivity (Wildman–Crippen MR) is 132 cm³/mol. The van der Waals surface area contributed by atoms with Gasteiger partial charge in [0.15, 0.2) is 0 Å².